The lowest BCUT2D eigenvalue weighted by Crippen LogP contribution is -2.48. The molecule has 2 aromatic carbocycles. The molecule has 164 valence electrons. The van der Waals surface area contributed by atoms with Crippen LogP contribution in [0.3, 0.4) is 0 Å². The standard InChI is InChI=1S/C24H27FN2O4/c1-24(2,3)31-23(28)27-12-5-4-9-22(27)30-20-8-6-7-17(13-20)16-29-21-11-10-19(25)14-18(21)15-26/h6-8,10-11,13-14,22H,4-5,9,12,16H2,1-3H3. The van der Waals surface area contributed by atoms with Gasteiger partial charge in [0, 0.05) is 13.0 Å². The molecule has 0 bridgehead atoms. The zero-order valence-corrected chi connectivity index (χ0v) is 18.1. The lowest BCUT2D eigenvalue weighted by Gasteiger charge is -2.36. The summed E-state index contributed by atoms with van der Waals surface area (Å²) in [6.07, 6.45) is 1.82. The van der Waals surface area contributed by atoms with E-state index in [9.17, 15) is 9.18 Å². The van der Waals surface area contributed by atoms with E-state index in [0.717, 1.165) is 30.9 Å². The maximum Gasteiger partial charge on any atom is 0.413 e. The lowest BCUT2D eigenvalue weighted by molar-refractivity contribution is -0.0342. The first-order valence-electron chi connectivity index (χ1n) is 10.3. The highest BCUT2D eigenvalue weighted by Crippen LogP contribution is 2.25. The number of carbonyl (C=O) groups excluding carboxylic acids is 1. The zero-order valence-electron chi connectivity index (χ0n) is 18.1. The first kappa shape index (κ1) is 22.4. The molecule has 0 aromatic heterocycles. The summed E-state index contributed by atoms with van der Waals surface area (Å²) >= 11 is 0. The van der Waals surface area contributed by atoms with E-state index in [2.05, 4.69) is 0 Å². The second-order valence-corrected chi connectivity index (χ2v) is 8.43. The third kappa shape index (κ3) is 6.35. The van der Waals surface area contributed by atoms with Gasteiger partial charge in [-0.15, -0.1) is 0 Å². The largest absolute Gasteiger partial charge is 0.488 e. The van der Waals surface area contributed by atoms with Crippen LogP contribution in [0.4, 0.5) is 9.18 Å². The van der Waals surface area contributed by atoms with E-state index in [-0.39, 0.29) is 18.3 Å². The Morgan fingerprint density at radius 3 is 2.77 bits per heavy atom. The third-order valence-corrected chi connectivity index (χ3v) is 4.70. The Labute approximate surface area is 182 Å². The number of nitriles is 1. The van der Waals surface area contributed by atoms with Crippen molar-refractivity contribution >= 4 is 6.09 Å². The van der Waals surface area contributed by atoms with Crippen LogP contribution in [0.25, 0.3) is 0 Å². The molecule has 3 rings (SSSR count). The van der Waals surface area contributed by atoms with Crippen LogP contribution in [0.2, 0.25) is 0 Å². The Kier molecular flexibility index (Phi) is 7.01. The van der Waals surface area contributed by atoms with E-state index >= 15 is 0 Å². The van der Waals surface area contributed by atoms with Crippen molar-refractivity contribution in [3.63, 3.8) is 0 Å². The molecular weight excluding hydrogens is 399 g/mol. The van der Waals surface area contributed by atoms with Gasteiger partial charge in [0.2, 0.25) is 0 Å². The van der Waals surface area contributed by atoms with Gasteiger partial charge in [-0.2, -0.15) is 5.26 Å². The fourth-order valence-corrected chi connectivity index (χ4v) is 3.30. The molecule has 0 aliphatic carbocycles. The van der Waals surface area contributed by atoms with E-state index < -0.39 is 17.6 Å². The summed E-state index contributed by atoms with van der Waals surface area (Å²) in [5, 5.41) is 9.15. The zero-order chi connectivity index (χ0) is 22.4. The molecule has 0 N–H and O–H groups in total. The van der Waals surface area contributed by atoms with Crippen molar-refractivity contribution in [2.75, 3.05) is 6.54 Å². The highest BCUT2D eigenvalue weighted by molar-refractivity contribution is 5.68. The molecular formula is C24H27FN2O4. The Balaban J connectivity index is 1.67. The number of benzene rings is 2. The molecule has 1 amide bonds. The molecule has 31 heavy (non-hydrogen) atoms. The number of hydrogen-bond donors (Lipinski definition) is 0. The van der Waals surface area contributed by atoms with Gasteiger partial charge in [-0.3, -0.25) is 4.90 Å². The Bertz CT molecular complexity index is 965. The first-order valence-corrected chi connectivity index (χ1v) is 10.3. The number of nitrogens with zero attached hydrogens (tertiary/aromatic N) is 2. The van der Waals surface area contributed by atoms with Gasteiger partial charge < -0.3 is 14.2 Å². The maximum absolute atomic E-state index is 13.3. The average molecular weight is 426 g/mol. The molecule has 0 spiro atoms. The van der Waals surface area contributed by atoms with Crippen molar-refractivity contribution in [3.8, 4) is 17.6 Å². The molecule has 1 aliphatic heterocycles. The number of likely N-dealkylation sites (tertiary alicyclic amines) is 1. The van der Waals surface area contributed by atoms with E-state index in [0.29, 0.717) is 18.0 Å². The molecule has 0 radical (unpaired) electrons. The predicted molar refractivity (Wildman–Crippen MR) is 113 cm³/mol. The van der Waals surface area contributed by atoms with Crippen LogP contribution in [0.1, 0.15) is 51.2 Å². The molecule has 1 unspecified atom stereocenters. The van der Waals surface area contributed by atoms with E-state index in [4.69, 9.17) is 19.5 Å². The summed E-state index contributed by atoms with van der Waals surface area (Å²) in [4.78, 5) is 14.2. The number of halogens is 1. The molecule has 1 atom stereocenters. The topological polar surface area (TPSA) is 71.8 Å². The minimum Gasteiger partial charge on any atom is -0.488 e. The van der Waals surface area contributed by atoms with Crippen LogP contribution in [0, 0.1) is 17.1 Å². The summed E-state index contributed by atoms with van der Waals surface area (Å²) < 4.78 is 30.6. The Morgan fingerprint density at radius 1 is 1.23 bits per heavy atom. The van der Waals surface area contributed by atoms with Gasteiger partial charge >= 0.3 is 6.09 Å². The summed E-state index contributed by atoms with van der Waals surface area (Å²) in [7, 11) is 0. The van der Waals surface area contributed by atoms with Gasteiger partial charge in [0.05, 0.1) is 5.56 Å². The molecule has 1 fully saturated rings. The maximum atomic E-state index is 13.3. The van der Waals surface area contributed by atoms with Gasteiger partial charge in [-0.1, -0.05) is 12.1 Å². The van der Waals surface area contributed by atoms with Crippen molar-refractivity contribution in [2.45, 2.75) is 58.5 Å². The van der Waals surface area contributed by atoms with E-state index in [1.54, 1.807) is 4.90 Å². The average Bonchev–Trinajstić information content (AvgIpc) is 2.72. The van der Waals surface area contributed by atoms with Crippen molar-refractivity contribution in [1.82, 2.24) is 4.90 Å². The first-order chi connectivity index (χ1) is 14.7. The van der Waals surface area contributed by atoms with Crippen LogP contribution in [-0.4, -0.2) is 29.4 Å². The second-order valence-electron chi connectivity index (χ2n) is 8.43. The summed E-state index contributed by atoms with van der Waals surface area (Å²) in [6, 6.07) is 13.1. The SMILES string of the molecule is CC(C)(C)OC(=O)N1CCCCC1Oc1cccc(COc2ccc(F)cc2C#N)c1. The van der Waals surface area contributed by atoms with Crippen LogP contribution in [0.15, 0.2) is 42.5 Å². The van der Waals surface area contributed by atoms with Crippen LogP contribution >= 0.6 is 0 Å². The highest BCUT2D eigenvalue weighted by atomic mass is 19.1. The number of amides is 1. The molecule has 1 saturated heterocycles. The number of rotatable bonds is 5. The van der Waals surface area contributed by atoms with Gasteiger partial charge in [0.25, 0.3) is 0 Å². The second kappa shape index (κ2) is 9.69. The Morgan fingerprint density at radius 2 is 2.03 bits per heavy atom. The van der Waals surface area contributed by atoms with Crippen molar-refractivity contribution in [3.05, 3.63) is 59.4 Å². The van der Waals surface area contributed by atoms with Gasteiger partial charge in [-0.05, 0) is 69.5 Å². The van der Waals surface area contributed by atoms with Crippen molar-refractivity contribution in [1.29, 1.82) is 5.26 Å². The molecule has 1 aliphatic rings. The van der Waals surface area contributed by atoms with Crippen molar-refractivity contribution < 1.29 is 23.4 Å². The van der Waals surface area contributed by atoms with Crippen molar-refractivity contribution in [2.24, 2.45) is 0 Å². The van der Waals surface area contributed by atoms with E-state index in [1.165, 1.54) is 12.1 Å². The molecule has 0 saturated carbocycles. The normalized spacial score (nSPS) is 16.4. The summed E-state index contributed by atoms with van der Waals surface area (Å²) in [5.74, 6) is 0.445. The fraction of sp³-hybridized carbons (Fsp3) is 0.417. The van der Waals surface area contributed by atoms with Gasteiger partial charge in [0.1, 0.15) is 35.6 Å². The van der Waals surface area contributed by atoms with E-state index in [1.807, 2.05) is 51.1 Å². The minimum absolute atomic E-state index is 0.141. The number of piperidine rings is 1. The monoisotopic (exact) mass is 426 g/mol. The summed E-state index contributed by atoms with van der Waals surface area (Å²) in [6.45, 7) is 6.30. The fourth-order valence-electron chi connectivity index (χ4n) is 3.30. The van der Waals surface area contributed by atoms with Crippen LogP contribution < -0.4 is 9.47 Å². The number of ether oxygens (including phenoxy) is 3. The lowest BCUT2D eigenvalue weighted by atomic mass is 10.1. The van der Waals surface area contributed by atoms with Crippen LogP contribution in [0.5, 0.6) is 11.5 Å². The Hall–Kier alpha value is -3.27. The number of carbonyl (C=O) groups is 1. The molecule has 2 aromatic rings. The predicted octanol–water partition coefficient (Wildman–Crippen LogP) is 5.40. The number of hydrogen-bond acceptors (Lipinski definition) is 5. The third-order valence-electron chi connectivity index (χ3n) is 4.70. The quantitative estimate of drug-likeness (QED) is 0.640. The van der Waals surface area contributed by atoms with Gasteiger partial charge in [-0.25, -0.2) is 9.18 Å². The van der Waals surface area contributed by atoms with Crippen LogP contribution in [-0.2, 0) is 11.3 Å². The smallest absolute Gasteiger partial charge is 0.413 e. The highest BCUT2D eigenvalue weighted by Gasteiger charge is 2.31. The molecule has 1 heterocycles. The minimum atomic E-state index is -0.570. The summed E-state index contributed by atoms with van der Waals surface area (Å²) in [5.41, 5.74) is 0.395. The van der Waals surface area contributed by atoms with Gasteiger partial charge in [0.15, 0.2) is 6.23 Å². The molecule has 6 nitrogen and oxygen atoms in total. The molecule has 7 heteroatoms.